The van der Waals surface area contributed by atoms with Crippen LogP contribution in [0, 0.1) is 5.92 Å². The standard InChI is InChI=1S/C32H45NO6/c1-6-7-18-33(30(34)21-37-22-31(35)36)19-16-27(17-20-33)32(25-8-12-28(13-9-25)38-23(2)3)26-10-14-29(15-11-26)39-24(4)5/h8-15,23-24,27,32H,6-7,16-22H2,1-5H3/p+1. The molecule has 0 atom stereocenters. The van der Waals surface area contributed by atoms with Crippen LogP contribution in [0.25, 0.3) is 0 Å². The van der Waals surface area contributed by atoms with E-state index in [2.05, 4.69) is 31.2 Å². The van der Waals surface area contributed by atoms with Crippen LogP contribution in [0.1, 0.15) is 77.3 Å². The van der Waals surface area contributed by atoms with Gasteiger partial charge < -0.3 is 19.3 Å². The minimum Gasteiger partial charge on any atom is -0.491 e. The third-order valence-corrected chi connectivity index (χ3v) is 7.47. The van der Waals surface area contributed by atoms with Gasteiger partial charge in [0.05, 0.1) is 31.8 Å². The monoisotopic (exact) mass is 540 g/mol. The zero-order valence-electron chi connectivity index (χ0n) is 24.2. The second-order valence-electron chi connectivity index (χ2n) is 11.2. The van der Waals surface area contributed by atoms with Gasteiger partial charge in [0.2, 0.25) is 0 Å². The molecule has 1 aliphatic heterocycles. The Balaban J connectivity index is 1.84. The van der Waals surface area contributed by atoms with Gasteiger partial charge in [0.1, 0.15) is 18.1 Å². The summed E-state index contributed by atoms with van der Waals surface area (Å²) in [5.74, 6) is 1.19. The number of unbranched alkanes of at least 4 members (excludes halogenated alkanes) is 1. The average Bonchev–Trinajstić information content (AvgIpc) is 2.89. The first-order chi connectivity index (χ1) is 18.6. The van der Waals surface area contributed by atoms with Crippen LogP contribution in [0.4, 0.5) is 0 Å². The van der Waals surface area contributed by atoms with Crippen LogP contribution in [-0.4, -0.2) is 66.5 Å². The molecule has 0 aliphatic carbocycles. The first-order valence-electron chi connectivity index (χ1n) is 14.4. The van der Waals surface area contributed by atoms with Crippen LogP contribution in [0.5, 0.6) is 11.5 Å². The maximum absolute atomic E-state index is 13.3. The van der Waals surface area contributed by atoms with Crippen molar-refractivity contribution in [2.24, 2.45) is 5.92 Å². The predicted octanol–water partition coefficient (Wildman–Crippen LogP) is 6.05. The van der Waals surface area contributed by atoms with E-state index in [1.165, 1.54) is 11.1 Å². The van der Waals surface area contributed by atoms with Crippen molar-refractivity contribution in [3.05, 3.63) is 59.7 Å². The van der Waals surface area contributed by atoms with Crippen molar-refractivity contribution in [3.8, 4) is 11.5 Å². The summed E-state index contributed by atoms with van der Waals surface area (Å²) >= 11 is 0. The molecular weight excluding hydrogens is 494 g/mol. The number of benzene rings is 2. The molecule has 1 fully saturated rings. The van der Waals surface area contributed by atoms with Gasteiger partial charge in [-0.2, -0.15) is 0 Å². The third-order valence-electron chi connectivity index (χ3n) is 7.47. The van der Waals surface area contributed by atoms with Gasteiger partial charge in [-0.15, -0.1) is 0 Å². The van der Waals surface area contributed by atoms with E-state index >= 15 is 0 Å². The highest BCUT2D eigenvalue weighted by molar-refractivity contribution is 5.72. The molecule has 0 saturated carbocycles. The van der Waals surface area contributed by atoms with Gasteiger partial charge >= 0.3 is 11.9 Å². The van der Waals surface area contributed by atoms with Crippen LogP contribution in [0.2, 0.25) is 0 Å². The number of hydrogen-bond donors (Lipinski definition) is 1. The lowest BCUT2D eigenvalue weighted by molar-refractivity contribution is -0.861. The Kier molecular flexibility index (Phi) is 11.4. The van der Waals surface area contributed by atoms with Gasteiger partial charge in [0.25, 0.3) is 0 Å². The number of likely N-dealkylation sites (tertiary alicyclic amines) is 1. The van der Waals surface area contributed by atoms with E-state index in [0.717, 1.165) is 56.8 Å². The second-order valence-corrected chi connectivity index (χ2v) is 11.2. The number of ether oxygens (including phenoxy) is 3. The average molecular weight is 541 g/mol. The summed E-state index contributed by atoms with van der Waals surface area (Å²) < 4.78 is 17.4. The Bertz CT molecular complexity index is 986. The number of aliphatic carboxylic acids is 1. The Morgan fingerprint density at radius 2 is 1.33 bits per heavy atom. The molecule has 1 saturated heterocycles. The smallest absolute Gasteiger partial charge is 0.339 e. The molecule has 1 heterocycles. The molecule has 0 radical (unpaired) electrons. The Hall–Kier alpha value is -2.90. The van der Waals surface area contributed by atoms with Gasteiger partial charge in [-0.3, -0.25) is 4.48 Å². The molecule has 0 aromatic heterocycles. The van der Waals surface area contributed by atoms with Crippen LogP contribution < -0.4 is 9.47 Å². The quantitative estimate of drug-likeness (QED) is 0.294. The van der Waals surface area contributed by atoms with Crippen LogP contribution in [0.15, 0.2) is 48.5 Å². The fourth-order valence-corrected chi connectivity index (χ4v) is 5.63. The van der Waals surface area contributed by atoms with Crippen molar-refractivity contribution in [3.63, 3.8) is 0 Å². The Morgan fingerprint density at radius 1 is 0.846 bits per heavy atom. The van der Waals surface area contributed by atoms with Crippen molar-refractivity contribution < 1.29 is 33.4 Å². The molecule has 7 nitrogen and oxygen atoms in total. The topological polar surface area (TPSA) is 82.1 Å². The molecule has 3 rings (SSSR count). The van der Waals surface area contributed by atoms with Crippen LogP contribution >= 0.6 is 0 Å². The molecule has 1 N–H and O–H groups in total. The number of nitrogens with zero attached hydrogens (tertiary/aromatic N) is 1. The molecule has 214 valence electrons. The Morgan fingerprint density at radius 3 is 1.74 bits per heavy atom. The molecule has 0 unspecified atom stereocenters. The fourth-order valence-electron chi connectivity index (χ4n) is 5.63. The zero-order valence-corrected chi connectivity index (χ0v) is 24.2. The van der Waals surface area contributed by atoms with Gasteiger partial charge in [0.15, 0.2) is 6.61 Å². The van der Waals surface area contributed by atoms with Crippen molar-refractivity contribution in [2.75, 3.05) is 32.8 Å². The zero-order chi connectivity index (χ0) is 28.4. The largest absolute Gasteiger partial charge is 0.491 e. The highest BCUT2D eigenvalue weighted by Gasteiger charge is 2.42. The summed E-state index contributed by atoms with van der Waals surface area (Å²) in [7, 11) is 0. The number of rotatable bonds is 14. The van der Waals surface area contributed by atoms with Crippen LogP contribution in [0.3, 0.4) is 0 Å². The van der Waals surface area contributed by atoms with Gasteiger partial charge in [-0.25, -0.2) is 9.59 Å². The maximum Gasteiger partial charge on any atom is 0.339 e. The lowest BCUT2D eigenvalue weighted by Gasteiger charge is -2.43. The van der Waals surface area contributed by atoms with Crippen LogP contribution in [-0.2, 0) is 14.3 Å². The van der Waals surface area contributed by atoms with E-state index in [9.17, 15) is 9.59 Å². The molecular formula is C32H46NO6+. The number of carbonyl (C=O) groups excluding carboxylic acids is 1. The van der Waals surface area contributed by atoms with Gasteiger partial charge in [-0.1, -0.05) is 37.6 Å². The highest BCUT2D eigenvalue weighted by atomic mass is 16.5. The SMILES string of the molecule is CCCC[N+]1(C(=O)COCC(=O)O)CCC(C(c2ccc(OC(C)C)cc2)c2ccc(OC(C)C)cc2)CC1. The van der Waals surface area contributed by atoms with Crippen molar-refractivity contribution in [2.45, 2.75) is 78.4 Å². The van der Waals surface area contributed by atoms with E-state index < -0.39 is 12.6 Å². The van der Waals surface area contributed by atoms with Gasteiger partial charge in [-0.05, 0) is 75.4 Å². The van der Waals surface area contributed by atoms with Crippen molar-refractivity contribution >= 4 is 11.9 Å². The molecule has 0 spiro atoms. The Labute approximate surface area is 233 Å². The molecule has 7 heteroatoms. The number of carbonyl (C=O) groups is 2. The first-order valence-corrected chi connectivity index (χ1v) is 14.4. The molecule has 2 aromatic carbocycles. The minimum atomic E-state index is -1.06. The number of carboxylic acid groups (broad SMARTS) is 1. The number of quaternary nitrogens is 1. The lowest BCUT2D eigenvalue weighted by Crippen LogP contribution is -2.59. The van der Waals surface area contributed by atoms with E-state index in [1.54, 1.807) is 0 Å². The highest BCUT2D eigenvalue weighted by Crippen LogP contribution is 2.41. The first kappa shape index (κ1) is 30.6. The fraction of sp³-hybridized carbons (Fsp3) is 0.562. The van der Waals surface area contributed by atoms with E-state index in [-0.39, 0.29) is 30.6 Å². The number of amides is 1. The normalized spacial score (nSPS) is 19.4. The summed E-state index contributed by atoms with van der Waals surface area (Å²) in [6.07, 6.45) is 3.98. The van der Waals surface area contributed by atoms with Crippen molar-refractivity contribution in [1.82, 2.24) is 0 Å². The molecule has 2 aromatic rings. The lowest BCUT2D eigenvalue weighted by atomic mass is 9.75. The summed E-state index contributed by atoms with van der Waals surface area (Å²) in [5.41, 5.74) is 2.47. The molecule has 0 bridgehead atoms. The maximum atomic E-state index is 13.3. The molecule has 1 amide bonds. The van der Waals surface area contributed by atoms with E-state index in [1.807, 2.05) is 52.0 Å². The number of piperidine rings is 1. The van der Waals surface area contributed by atoms with Crippen molar-refractivity contribution in [1.29, 1.82) is 0 Å². The third kappa shape index (κ3) is 8.80. The molecule has 1 aliphatic rings. The summed E-state index contributed by atoms with van der Waals surface area (Å²) in [5, 5.41) is 8.92. The predicted molar refractivity (Wildman–Crippen MR) is 152 cm³/mol. The summed E-state index contributed by atoms with van der Waals surface area (Å²) in [4.78, 5) is 24.2. The van der Waals surface area contributed by atoms with E-state index in [4.69, 9.17) is 19.3 Å². The van der Waals surface area contributed by atoms with E-state index in [0.29, 0.717) is 10.4 Å². The number of carboxylic acids is 1. The molecule has 39 heavy (non-hydrogen) atoms. The minimum absolute atomic E-state index is 0.00919. The van der Waals surface area contributed by atoms with Gasteiger partial charge in [0, 0.05) is 18.8 Å². The second kappa shape index (κ2) is 14.5. The number of hydrogen-bond acceptors (Lipinski definition) is 5. The summed E-state index contributed by atoms with van der Waals surface area (Å²) in [6, 6.07) is 16.9. The summed E-state index contributed by atoms with van der Waals surface area (Å²) in [6.45, 7) is 11.9.